The maximum Gasteiger partial charge on any atom is 0.418 e. The molecule has 130 valence electrons. The normalized spacial score (nSPS) is 10.7. The lowest BCUT2D eigenvalue weighted by atomic mass is 10.0. The fourth-order valence-corrected chi connectivity index (χ4v) is 2.43. The first-order valence-electron chi connectivity index (χ1n) is 7.10. The molecule has 0 atom stereocenters. The van der Waals surface area contributed by atoms with Crippen molar-refractivity contribution in [2.75, 3.05) is 0 Å². The van der Waals surface area contributed by atoms with E-state index in [0.29, 0.717) is 15.5 Å². The van der Waals surface area contributed by atoms with Crippen molar-refractivity contribution in [2.24, 2.45) is 5.41 Å². The molecule has 2 rings (SSSR count). The number of nitro groups is 1. The molecule has 7 nitrogen and oxygen atoms in total. The first-order valence-corrected chi connectivity index (χ1v) is 8.04. The summed E-state index contributed by atoms with van der Waals surface area (Å²) in [6.45, 7) is 10.2. The van der Waals surface area contributed by atoms with Gasteiger partial charge in [0.25, 0.3) is 0 Å². The number of aromatic nitrogens is 1. The highest BCUT2D eigenvalue weighted by molar-refractivity contribution is 7.08. The van der Waals surface area contributed by atoms with Gasteiger partial charge in [-0.25, -0.2) is 9.36 Å². The van der Waals surface area contributed by atoms with Gasteiger partial charge in [0, 0.05) is 5.69 Å². The lowest BCUT2D eigenvalue weighted by molar-refractivity contribution is -0.385. The Morgan fingerprint density at radius 2 is 1.88 bits per heavy atom. The van der Waals surface area contributed by atoms with Gasteiger partial charge in [0.2, 0.25) is 0 Å². The fraction of sp³-hybridized carbons (Fsp3) is 0.375. The zero-order valence-electron chi connectivity index (χ0n) is 14.2. The van der Waals surface area contributed by atoms with E-state index >= 15 is 0 Å². The smallest absolute Gasteiger partial charge is 0.418 e. The number of carboxylic acid groups (broad SMARTS) is 1. The summed E-state index contributed by atoms with van der Waals surface area (Å²) >= 11 is 1.33. The van der Waals surface area contributed by atoms with Crippen molar-refractivity contribution in [2.45, 2.75) is 34.6 Å². The van der Waals surface area contributed by atoms with Gasteiger partial charge in [-0.3, -0.25) is 14.9 Å². The Morgan fingerprint density at radius 3 is 2.25 bits per heavy atom. The zero-order chi connectivity index (χ0) is 18.7. The fourth-order valence-electron chi connectivity index (χ4n) is 1.78. The minimum Gasteiger partial charge on any atom is -0.464 e. The van der Waals surface area contributed by atoms with Gasteiger partial charge in [-0.1, -0.05) is 27.7 Å². The predicted molar refractivity (Wildman–Crippen MR) is 94.0 cm³/mol. The van der Waals surface area contributed by atoms with Crippen LogP contribution in [-0.4, -0.2) is 20.7 Å². The van der Waals surface area contributed by atoms with Crippen molar-refractivity contribution < 1.29 is 14.8 Å². The van der Waals surface area contributed by atoms with Crippen molar-refractivity contribution in [1.82, 2.24) is 4.57 Å². The molecule has 1 N–H and O–H groups in total. The van der Waals surface area contributed by atoms with Gasteiger partial charge in [-0.05, 0) is 40.8 Å². The van der Waals surface area contributed by atoms with E-state index in [0.717, 1.165) is 0 Å². The maximum absolute atomic E-state index is 11.9. The molecule has 0 saturated carbocycles. The second-order valence-electron chi connectivity index (χ2n) is 6.74. The molecule has 8 heteroatoms. The number of rotatable bonds is 2. The molecular formula is C16H20N2O5S. The topological polar surface area (TPSA) is 102 Å². The van der Waals surface area contributed by atoms with E-state index < -0.39 is 22.3 Å². The van der Waals surface area contributed by atoms with Gasteiger partial charge in [0.1, 0.15) is 0 Å². The molecule has 0 bridgehead atoms. The van der Waals surface area contributed by atoms with E-state index in [-0.39, 0.29) is 11.3 Å². The monoisotopic (exact) mass is 352 g/mol. The maximum atomic E-state index is 11.9. The molecule has 0 saturated heterocycles. The molecule has 0 spiro atoms. The van der Waals surface area contributed by atoms with Crippen LogP contribution in [0.5, 0.6) is 0 Å². The average molecular weight is 352 g/mol. The van der Waals surface area contributed by atoms with Crippen LogP contribution in [0.2, 0.25) is 0 Å². The van der Waals surface area contributed by atoms with E-state index in [4.69, 9.17) is 5.11 Å². The Morgan fingerprint density at radius 1 is 1.33 bits per heavy atom. The van der Waals surface area contributed by atoms with E-state index in [9.17, 15) is 19.7 Å². The number of pyridine rings is 1. The highest BCUT2D eigenvalue weighted by atomic mass is 32.1. The molecule has 0 aliphatic carbocycles. The van der Waals surface area contributed by atoms with Gasteiger partial charge in [0.05, 0.1) is 10.5 Å². The lowest BCUT2D eigenvalue weighted by Gasteiger charge is -2.07. The SMILES string of the molecule is CC(C)(C)C.Cc1cc(-c2ccsc2)c([N+](=O)[O-])c(=O)n1C(=O)O. The van der Waals surface area contributed by atoms with Crippen LogP contribution < -0.4 is 5.56 Å². The summed E-state index contributed by atoms with van der Waals surface area (Å²) in [4.78, 5) is 33.1. The highest BCUT2D eigenvalue weighted by Crippen LogP contribution is 2.29. The van der Waals surface area contributed by atoms with Gasteiger partial charge < -0.3 is 5.11 Å². The largest absolute Gasteiger partial charge is 0.464 e. The predicted octanol–water partition coefficient (Wildman–Crippen LogP) is 4.37. The summed E-state index contributed by atoms with van der Waals surface area (Å²) in [5.74, 6) is 0. The Balaban J connectivity index is 0.000000505. The van der Waals surface area contributed by atoms with E-state index in [1.165, 1.54) is 24.3 Å². The number of hydrogen-bond acceptors (Lipinski definition) is 5. The zero-order valence-corrected chi connectivity index (χ0v) is 15.0. The van der Waals surface area contributed by atoms with Crippen LogP contribution in [0.3, 0.4) is 0 Å². The molecular weight excluding hydrogens is 332 g/mol. The van der Waals surface area contributed by atoms with Crippen LogP contribution in [0.4, 0.5) is 10.5 Å². The number of thiophene rings is 1. The molecule has 24 heavy (non-hydrogen) atoms. The highest BCUT2D eigenvalue weighted by Gasteiger charge is 2.26. The molecule has 0 aromatic carbocycles. The van der Waals surface area contributed by atoms with Crippen LogP contribution in [-0.2, 0) is 0 Å². The summed E-state index contributed by atoms with van der Waals surface area (Å²) < 4.78 is 0.369. The molecule has 0 amide bonds. The van der Waals surface area contributed by atoms with Crippen molar-refractivity contribution in [3.8, 4) is 11.1 Å². The quantitative estimate of drug-likeness (QED) is 0.638. The van der Waals surface area contributed by atoms with Crippen molar-refractivity contribution in [3.05, 3.63) is 49.1 Å². The molecule has 2 aromatic heterocycles. The summed E-state index contributed by atoms with van der Waals surface area (Å²) in [5, 5.41) is 23.3. The summed E-state index contributed by atoms with van der Waals surface area (Å²) in [6, 6.07) is 2.96. The van der Waals surface area contributed by atoms with E-state index in [1.807, 2.05) is 0 Å². The number of nitrogens with zero attached hydrogens (tertiary/aromatic N) is 2. The first-order chi connectivity index (χ1) is 10.9. The minimum absolute atomic E-state index is 0.129. The van der Waals surface area contributed by atoms with Crippen molar-refractivity contribution in [1.29, 1.82) is 0 Å². The standard InChI is InChI=1S/C11H8N2O5S.C5H12/c1-6-4-8(7-2-3-19-5-7)9(13(17)18)10(14)12(6)11(15)16;1-5(2,3)4/h2-5H,1H3,(H,15,16);1-4H3. The van der Waals surface area contributed by atoms with Crippen molar-refractivity contribution >= 4 is 23.1 Å². The van der Waals surface area contributed by atoms with Gasteiger partial charge in [0.15, 0.2) is 0 Å². The minimum atomic E-state index is -1.54. The molecule has 0 aliphatic rings. The molecule has 2 heterocycles. The van der Waals surface area contributed by atoms with Crippen molar-refractivity contribution in [3.63, 3.8) is 0 Å². The van der Waals surface area contributed by atoms with Gasteiger partial charge >= 0.3 is 17.3 Å². The van der Waals surface area contributed by atoms with Crippen LogP contribution in [0, 0.1) is 22.5 Å². The number of hydrogen-bond donors (Lipinski definition) is 1. The molecule has 0 aliphatic heterocycles. The van der Waals surface area contributed by atoms with Crippen LogP contribution >= 0.6 is 11.3 Å². The van der Waals surface area contributed by atoms with E-state index in [1.54, 1.807) is 16.8 Å². The Hall–Kier alpha value is -2.48. The first kappa shape index (κ1) is 19.6. The lowest BCUT2D eigenvalue weighted by Crippen LogP contribution is -2.29. The molecule has 0 radical (unpaired) electrons. The van der Waals surface area contributed by atoms with Crippen LogP contribution in [0.1, 0.15) is 33.4 Å². The van der Waals surface area contributed by atoms with E-state index in [2.05, 4.69) is 27.7 Å². The molecule has 0 fully saturated rings. The third kappa shape index (κ3) is 5.02. The second kappa shape index (κ2) is 7.39. The Kier molecular flexibility index (Phi) is 6.03. The van der Waals surface area contributed by atoms with Gasteiger partial charge in [-0.15, -0.1) is 0 Å². The third-order valence-corrected chi connectivity index (χ3v) is 3.26. The van der Waals surface area contributed by atoms with Crippen LogP contribution in [0.15, 0.2) is 27.7 Å². The Labute approximate surface area is 143 Å². The van der Waals surface area contributed by atoms with Crippen LogP contribution in [0.25, 0.3) is 11.1 Å². The number of aryl methyl sites for hydroxylation is 1. The van der Waals surface area contributed by atoms with Gasteiger partial charge in [-0.2, -0.15) is 11.3 Å². The number of carbonyl (C=O) groups is 1. The second-order valence-corrected chi connectivity index (χ2v) is 7.52. The average Bonchev–Trinajstić information content (AvgIpc) is 2.88. The molecule has 2 aromatic rings. The Bertz CT molecular complexity index is 795. The summed E-state index contributed by atoms with van der Waals surface area (Å²) in [5.41, 5.74) is -0.588. The summed E-state index contributed by atoms with van der Waals surface area (Å²) in [7, 11) is 0. The summed E-state index contributed by atoms with van der Waals surface area (Å²) in [6.07, 6.45) is -1.54. The molecule has 0 unspecified atom stereocenters. The third-order valence-electron chi connectivity index (χ3n) is 2.57.